The molecule has 2 rings (SSSR count). The lowest BCUT2D eigenvalue weighted by Crippen LogP contribution is -2.60. The predicted molar refractivity (Wildman–Crippen MR) is 50.9 cm³/mol. The number of rotatable bonds is 1. The van der Waals surface area contributed by atoms with Crippen molar-refractivity contribution in [3.05, 3.63) is 0 Å². The third-order valence-corrected chi connectivity index (χ3v) is 2.59. The highest BCUT2D eigenvalue weighted by atomic mass is 16.2. The van der Waals surface area contributed by atoms with Gasteiger partial charge in [0.05, 0.1) is 0 Å². The summed E-state index contributed by atoms with van der Waals surface area (Å²) in [4.78, 5) is 35.2. The van der Waals surface area contributed by atoms with E-state index in [9.17, 15) is 14.4 Å². The number of piperazine rings is 1. The van der Waals surface area contributed by atoms with Crippen LogP contribution in [0.3, 0.4) is 0 Å². The maximum atomic E-state index is 11.6. The molecule has 1 aliphatic carbocycles. The number of amides is 4. The average Bonchev–Trinajstić information content (AvgIpc) is 2.94. The Morgan fingerprint density at radius 1 is 1.47 bits per heavy atom. The first-order chi connectivity index (χ1) is 7.08. The molecule has 0 aromatic carbocycles. The van der Waals surface area contributed by atoms with Gasteiger partial charge in [-0.2, -0.15) is 0 Å². The summed E-state index contributed by atoms with van der Waals surface area (Å²) in [6.45, 7) is 1.56. The Kier molecular flexibility index (Phi) is 2.34. The SMILES string of the molecule is CC1C(=O)NC(=O)CN1C(=O)NC1CC1. The second-order valence-corrected chi connectivity index (χ2v) is 3.94. The first-order valence-electron chi connectivity index (χ1n) is 4.99. The standard InChI is InChI=1S/C9H13N3O3/c1-5-8(14)11-7(13)4-12(5)9(15)10-6-2-3-6/h5-6H,2-4H2,1H3,(H,10,15)(H,11,13,14). The van der Waals surface area contributed by atoms with E-state index in [4.69, 9.17) is 0 Å². The topological polar surface area (TPSA) is 78.5 Å². The Balaban J connectivity index is 2.01. The first-order valence-corrected chi connectivity index (χ1v) is 4.99. The molecule has 6 heteroatoms. The van der Waals surface area contributed by atoms with Crippen LogP contribution in [-0.4, -0.2) is 41.4 Å². The van der Waals surface area contributed by atoms with Gasteiger partial charge in [-0.05, 0) is 19.8 Å². The Labute approximate surface area is 87.0 Å². The number of urea groups is 1. The second kappa shape index (κ2) is 3.52. The van der Waals surface area contributed by atoms with E-state index in [1.807, 2.05) is 0 Å². The van der Waals surface area contributed by atoms with Crippen molar-refractivity contribution in [2.45, 2.75) is 31.8 Å². The number of imide groups is 1. The normalized spacial score (nSPS) is 26.2. The zero-order valence-corrected chi connectivity index (χ0v) is 8.45. The van der Waals surface area contributed by atoms with E-state index in [1.54, 1.807) is 6.92 Å². The van der Waals surface area contributed by atoms with Crippen molar-refractivity contribution in [2.75, 3.05) is 6.54 Å². The van der Waals surface area contributed by atoms with Gasteiger partial charge in [0.25, 0.3) is 0 Å². The highest BCUT2D eigenvalue weighted by molar-refractivity contribution is 6.03. The molecule has 4 amide bonds. The summed E-state index contributed by atoms with van der Waals surface area (Å²) in [6, 6.07) is -0.681. The van der Waals surface area contributed by atoms with Crippen LogP contribution in [0.25, 0.3) is 0 Å². The van der Waals surface area contributed by atoms with Gasteiger partial charge in [0, 0.05) is 6.04 Å². The Morgan fingerprint density at radius 2 is 2.13 bits per heavy atom. The highest BCUT2D eigenvalue weighted by Gasteiger charge is 2.35. The molecule has 2 aliphatic rings. The van der Waals surface area contributed by atoms with E-state index in [1.165, 1.54) is 4.90 Å². The summed E-state index contributed by atoms with van der Waals surface area (Å²) in [5, 5.41) is 4.93. The van der Waals surface area contributed by atoms with Gasteiger partial charge in [-0.15, -0.1) is 0 Å². The molecule has 0 aromatic heterocycles. The molecule has 1 heterocycles. The number of hydrogen-bond donors (Lipinski definition) is 2. The summed E-state index contributed by atoms with van der Waals surface area (Å²) >= 11 is 0. The van der Waals surface area contributed by atoms with Crippen LogP contribution in [0.4, 0.5) is 4.79 Å². The monoisotopic (exact) mass is 211 g/mol. The lowest BCUT2D eigenvalue weighted by Gasteiger charge is -2.31. The molecule has 0 aromatic rings. The van der Waals surface area contributed by atoms with E-state index in [0.29, 0.717) is 0 Å². The Bertz CT molecular complexity index is 325. The van der Waals surface area contributed by atoms with Crippen LogP contribution in [0.2, 0.25) is 0 Å². The summed E-state index contributed by atoms with van der Waals surface area (Å²) in [6.07, 6.45) is 1.96. The second-order valence-electron chi connectivity index (χ2n) is 3.94. The molecule has 1 saturated carbocycles. The van der Waals surface area contributed by atoms with Crippen molar-refractivity contribution >= 4 is 17.8 Å². The molecular weight excluding hydrogens is 198 g/mol. The van der Waals surface area contributed by atoms with Gasteiger partial charge in [-0.1, -0.05) is 0 Å². The minimum absolute atomic E-state index is 0.0501. The van der Waals surface area contributed by atoms with Crippen LogP contribution in [0.5, 0.6) is 0 Å². The molecular formula is C9H13N3O3. The van der Waals surface area contributed by atoms with Crippen molar-refractivity contribution < 1.29 is 14.4 Å². The molecule has 2 N–H and O–H groups in total. The van der Waals surface area contributed by atoms with Crippen LogP contribution in [-0.2, 0) is 9.59 Å². The fraction of sp³-hybridized carbons (Fsp3) is 0.667. The van der Waals surface area contributed by atoms with Crippen molar-refractivity contribution in [1.82, 2.24) is 15.5 Å². The number of nitrogens with zero attached hydrogens (tertiary/aromatic N) is 1. The molecule has 0 bridgehead atoms. The van der Waals surface area contributed by atoms with Crippen molar-refractivity contribution in [3.8, 4) is 0 Å². The molecule has 0 spiro atoms. The van der Waals surface area contributed by atoms with Crippen LogP contribution < -0.4 is 10.6 Å². The van der Waals surface area contributed by atoms with E-state index in [2.05, 4.69) is 10.6 Å². The number of carbonyl (C=O) groups excluding carboxylic acids is 3. The number of hydrogen-bond acceptors (Lipinski definition) is 3. The zero-order chi connectivity index (χ0) is 11.0. The summed E-state index contributed by atoms with van der Waals surface area (Å²) in [7, 11) is 0. The van der Waals surface area contributed by atoms with E-state index >= 15 is 0 Å². The van der Waals surface area contributed by atoms with Crippen LogP contribution >= 0.6 is 0 Å². The van der Waals surface area contributed by atoms with Gasteiger partial charge in [-0.25, -0.2) is 4.79 Å². The number of nitrogens with one attached hydrogen (secondary N) is 2. The highest BCUT2D eigenvalue weighted by Crippen LogP contribution is 2.19. The van der Waals surface area contributed by atoms with Gasteiger partial charge in [0.2, 0.25) is 11.8 Å². The minimum atomic E-state index is -0.582. The van der Waals surface area contributed by atoms with Crippen molar-refractivity contribution in [3.63, 3.8) is 0 Å². The van der Waals surface area contributed by atoms with Crippen molar-refractivity contribution in [1.29, 1.82) is 0 Å². The molecule has 15 heavy (non-hydrogen) atoms. The maximum absolute atomic E-state index is 11.6. The minimum Gasteiger partial charge on any atom is -0.335 e. The first kappa shape index (κ1) is 9.95. The fourth-order valence-electron chi connectivity index (χ4n) is 1.45. The van der Waals surface area contributed by atoms with Gasteiger partial charge in [0.15, 0.2) is 0 Å². The maximum Gasteiger partial charge on any atom is 0.318 e. The third kappa shape index (κ3) is 2.08. The van der Waals surface area contributed by atoms with E-state index < -0.39 is 17.9 Å². The van der Waals surface area contributed by atoms with Crippen LogP contribution in [0.15, 0.2) is 0 Å². The summed E-state index contributed by atoms with van der Waals surface area (Å²) in [5.74, 6) is -0.846. The number of carbonyl (C=O) groups is 3. The summed E-state index contributed by atoms with van der Waals surface area (Å²) in [5.41, 5.74) is 0. The molecule has 1 saturated heterocycles. The third-order valence-electron chi connectivity index (χ3n) is 2.59. The van der Waals surface area contributed by atoms with E-state index in [-0.39, 0.29) is 18.6 Å². The Morgan fingerprint density at radius 3 is 2.73 bits per heavy atom. The van der Waals surface area contributed by atoms with Crippen molar-refractivity contribution in [2.24, 2.45) is 0 Å². The quantitative estimate of drug-likeness (QED) is 0.558. The van der Waals surface area contributed by atoms with Crippen LogP contribution in [0, 0.1) is 0 Å². The lowest BCUT2D eigenvalue weighted by molar-refractivity contribution is -0.137. The molecule has 82 valence electrons. The van der Waals surface area contributed by atoms with E-state index in [0.717, 1.165) is 12.8 Å². The Hall–Kier alpha value is -1.59. The molecule has 1 unspecified atom stereocenters. The molecule has 1 atom stereocenters. The molecule has 0 radical (unpaired) electrons. The van der Waals surface area contributed by atoms with Gasteiger partial charge < -0.3 is 10.2 Å². The average molecular weight is 211 g/mol. The lowest BCUT2D eigenvalue weighted by atomic mass is 10.2. The van der Waals surface area contributed by atoms with Gasteiger partial charge >= 0.3 is 6.03 Å². The predicted octanol–water partition coefficient (Wildman–Crippen LogP) is -0.795. The largest absolute Gasteiger partial charge is 0.335 e. The molecule has 1 aliphatic heterocycles. The fourth-order valence-corrected chi connectivity index (χ4v) is 1.45. The van der Waals surface area contributed by atoms with Gasteiger partial charge in [-0.3, -0.25) is 14.9 Å². The summed E-state index contributed by atoms with van der Waals surface area (Å²) < 4.78 is 0. The smallest absolute Gasteiger partial charge is 0.318 e. The molecule has 2 fully saturated rings. The van der Waals surface area contributed by atoms with Gasteiger partial charge in [0.1, 0.15) is 12.6 Å². The zero-order valence-electron chi connectivity index (χ0n) is 8.45. The molecule has 6 nitrogen and oxygen atoms in total. The van der Waals surface area contributed by atoms with Crippen LogP contribution in [0.1, 0.15) is 19.8 Å².